The first kappa shape index (κ1) is 22.7. The summed E-state index contributed by atoms with van der Waals surface area (Å²) in [6.45, 7) is 0.196. The van der Waals surface area contributed by atoms with Crippen molar-refractivity contribution in [3.05, 3.63) is 89.5 Å². The van der Waals surface area contributed by atoms with Crippen LogP contribution in [0.5, 0.6) is 17.2 Å². The highest BCUT2D eigenvalue weighted by molar-refractivity contribution is 7.85. The number of alkyl halides is 3. The molecular weight excluding hydrogens is 459 g/mol. The molecule has 172 valence electrons. The van der Waals surface area contributed by atoms with Crippen molar-refractivity contribution in [3.8, 4) is 17.2 Å². The molecule has 10 heteroatoms. The minimum Gasteiger partial charge on any atom is -0.489 e. The molecule has 0 amide bonds. The molecular formula is C23H18F3NO5S. The number of nitrogens with zero attached hydrogens (tertiary/aromatic N) is 1. The fraction of sp³-hybridized carbons (Fsp3) is 0.174. The Morgan fingerprint density at radius 3 is 2.36 bits per heavy atom. The van der Waals surface area contributed by atoms with Crippen LogP contribution in [0.25, 0.3) is 0 Å². The molecule has 0 saturated heterocycles. The van der Waals surface area contributed by atoms with Gasteiger partial charge in [0.05, 0.1) is 17.9 Å². The lowest BCUT2D eigenvalue weighted by Crippen LogP contribution is -2.18. The second kappa shape index (κ2) is 9.14. The summed E-state index contributed by atoms with van der Waals surface area (Å²) < 4.78 is 79.2. The zero-order chi connectivity index (χ0) is 23.5. The molecule has 1 aliphatic heterocycles. The van der Waals surface area contributed by atoms with Crippen molar-refractivity contribution in [1.29, 1.82) is 0 Å². The maximum atomic E-state index is 12.8. The van der Waals surface area contributed by atoms with Gasteiger partial charge >= 0.3 is 16.3 Å². The number of oxime groups is 1. The molecule has 0 unspecified atom stereocenters. The molecule has 0 bridgehead atoms. The van der Waals surface area contributed by atoms with Crippen molar-refractivity contribution >= 4 is 15.8 Å². The normalized spacial score (nSPS) is 14.9. The molecule has 1 aliphatic rings. The first-order valence-corrected chi connectivity index (χ1v) is 11.4. The second-order valence-corrected chi connectivity index (χ2v) is 8.71. The first-order valence-electron chi connectivity index (χ1n) is 9.85. The molecule has 3 aromatic rings. The lowest BCUT2D eigenvalue weighted by Gasteiger charge is -2.21. The first-order chi connectivity index (χ1) is 15.7. The van der Waals surface area contributed by atoms with Gasteiger partial charge in [0.2, 0.25) is 0 Å². The van der Waals surface area contributed by atoms with E-state index in [0.717, 1.165) is 12.1 Å². The van der Waals surface area contributed by atoms with Gasteiger partial charge in [0.25, 0.3) is 0 Å². The Kier molecular flexibility index (Phi) is 6.28. The zero-order valence-electron chi connectivity index (χ0n) is 17.1. The summed E-state index contributed by atoms with van der Waals surface area (Å²) in [5, 5.41) is 3.85. The quantitative estimate of drug-likeness (QED) is 0.437. The van der Waals surface area contributed by atoms with E-state index in [2.05, 4.69) is 5.16 Å². The van der Waals surface area contributed by atoms with Crippen molar-refractivity contribution in [2.45, 2.75) is 18.3 Å². The van der Waals surface area contributed by atoms with E-state index in [1.165, 1.54) is 12.1 Å². The third kappa shape index (κ3) is 5.64. The van der Waals surface area contributed by atoms with Crippen LogP contribution in [-0.2, 0) is 26.3 Å². The van der Waals surface area contributed by atoms with E-state index in [9.17, 15) is 21.6 Å². The smallest absolute Gasteiger partial charge is 0.416 e. The van der Waals surface area contributed by atoms with E-state index in [1.54, 1.807) is 48.5 Å². The van der Waals surface area contributed by atoms with Crippen LogP contribution in [0.2, 0.25) is 0 Å². The van der Waals surface area contributed by atoms with Crippen LogP contribution in [0.3, 0.4) is 0 Å². The molecule has 6 nitrogen and oxygen atoms in total. The number of halogens is 3. The maximum absolute atomic E-state index is 12.8. The van der Waals surface area contributed by atoms with Crippen molar-refractivity contribution in [3.63, 3.8) is 0 Å². The van der Waals surface area contributed by atoms with E-state index < -0.39 is 21.9 Å². The van der Waals surface area contributed by atoms with Gasteiger partial charge in [-0.3, -0.25) is 4.28 Å². The van der Waals surface area contributed by atoms with Gasteiger partial charge in [0.1, 0.15) is 11.5 Å². The van der Waals surface area contributed by atoms with Gasteiger partial charge in [-0.1, -0.05) is 41.6 Å². The summed E-state index contributed by atoms with van der Waals surface area (Å²) in [5.74, 6) is 0.411. The number of hydrogen-bond acceptors (Lipinski definition) is 6. The summed E-state index contributed by atoms with van der Waals surface area (Å²) >= 11 is 0. The largest absolute Gasteiger partial charge is 0.489 e. The predicted octanol–water partition coefficient (Wildman–Crippen LogP) is 5.53. The van der Waals surface area contributed by atoms with Crippen LogP contribution in [0.1, 0.15) is 23.1 Å². The fourth-order valence-corrected chi connectivity index (χ4v) is 4.05. The minimum absolute atomic E-state index is 0.186. The summed E-state index contributed by atoms with van der Waals surface area (Å²) in [5.41, 5.74) is 0.605. The van der Waals surface area contributed by atoms with Crippen molar-refractivity contribution in [2.24, 2.45) is 5.16 Å². The van der Waals surface area contributed by atoms with Gasteiger partial charge < -0.3 is 9.47 Å². The number of hydrogen-bond donors (Lipinski definition) is 0. The fourth-order valence-electron chi connectivity index (χ4n) is 3.20. The Bertz CT molecular complexity index is 1260. The van der Waals surface area contributed by atoms with Gasteiger partial charge in [0.15, 0.2) is 11.5 Å². The lowest BCUT2D eigenvalue weighted by molar-refractivity contribution is -0.137. The van der Waals surface area contributed by atoms with Gasteiger partial charge in [-0.15, -0.1) is 0 Å². The molecule has 0 radical (unpaired) electrons. The van der Waals surface area contributed by atoms with Gasteiger partial charge in [0, 0.05) is 12.0 Å². The molecule has 0 N–H and O–H groups in total. The van der Waals surface area contributed by atoms with Gasteiger partial charge in [-0.25, -0.2) is 0 Å². The Morgan fingerprint density at radius 1 is 0.939 bits per heavy atom. The summed E-state index contributed by atoms with van der Waals surface area (Å²) in [4.78, 5) is 0. The third-order valence-corrected chi connectivity index (χ3v) is 5.72. The van der Waals surface area contributed by atoms with E-state index >= 15 is 0 Å². The average molecular weight is 477 g/mol. The molecule has 0 aliphatic carbocycles. The summed E-state index contributed by atoms with van der Waals surface area (Å²) in [6.07, 6.45) is -4.14. The summed E-state index contributed by atoms with van der Waals surface area (Å²) in [6, 6.07) is 17.7. The minimum atomic E-state index is -4.44. The molecule has 0 spiro atoms. The van der Waals surface area contributed by atoms with E-state index in [1.807, 2.05) is 0 Å². The predicted molar refractivity (Wildman–Crippen MR) is 115 cm³/mol. The van der Waals surface area contributed by atoms with Crippen molar-refractivity contribution in [1.82, 2.24) is 0 Å². The SMILES string of the molecule is O=S(=O)(Cc1ccccc1)ON=C1CCOc2c(Oc3ccc(C(F)(F)F)cc3)cccc21. The van der Waals surface area contributed by atoms with Crippen LogP contribution in [-0.4, -0.2) is 20.7 Å². The van der Waals surface area contributed by atoms with E-state index in [4.69, 9.17) is 13.8 Å². The van der Waals surface area contributed by atoms with Crippen LogP contribution in [0.4, 0.5) is 13.2 Å². The Labute approximate surface area is 188 Å². The van der Waals surface area contributed by atoms with Crippen molar-refractivity contribution < 1.29 is 35.3 Å². The third-order valence-electron chi connectivity index (χ3n) is 4.73. The average Bonchev–Trinajstić information content (AvgIpc) is 2.78. The van der Waals surface area contributed by atoms with Crippen LogP contribution in [0.15, 0.2) is 78.0 Å². The van der Waals surface area contributed by atoms with Crippen LogP contribution in [0, 0.1) is 0 Å². The molecule has 3 aromatic carbocycles. The van der Waals surface area contributed by atoms with E-state index in [0.29, 0.717) is 29.0 Å². The monoisotopic (exact) mass is 477 g/mol. The van der Waals surface area contributed by atoms with E-state index in [-0.39, 0.29) is 23.9 Å². The van der Waals surface area contributed by atoms with Crippen LogP contribution < -0.4 is 9.47 Å². The van der Waals surface area contributed by atoms with Gasteiger partial charge in [-0.05, 0) is 42.0 Å². The number of rotatable bonds is 6. The molecule has 1 heterocycles. The topological polar surface area (TPSA) is 74.2 Å². The molecule has 0 aromatic heterocycles. The standard InChI is InChI=1S/C23H18F3NO5S/c24-23(25,26)17-9-11-18(12-10-17)31-21-8-4-7-19-20(13-14-30-22(19)21)27-32-33(28,29)15-16-5-2-1-3-6-16/h1-12H,13-15H2. The number of para-hydroxylation sites is 1. The Balaban J connectivity index is 1.53. The number of fused-ring (bicyclic) bond motifs is 1. The molecule has 0 fully saturated rings. The molecule has 0 atom stereocenters. The highest BCUT2D eigenvalue weighted by atomic mass is 32.2. The zero-order valence-corrected chi connectivity index (χ0v) is 17.9. The second-order valence-electron chi connectivity index (χ2n) is 7.16. The van der Waals surface area contributed by atoms with Crippen molar-refractivity contribution in [2.75, 3.05) is 6.61 Å². The highest BCUT2D eigenvalue weighted by Crippen LogP contribution is 2.38. The lowest BCUT2D eigenvalue weighted by atomic mass is 10.0. The Hall–Kier alpha value is -3.53. The number of benzene rings is 3. The highest BCUT2D eigenvalue weighted by Gasteiger charge is 2.30. The molecule has 33 heavy (non-hydrogen) atoms. The Morgan fingerprint density at radius 2 is 1.67 bits per heavy atom. The molecule has 0 saturated carbocycles. The maximum Gasteiger partial charge on any atom is 0.416 e. The van der Waals surface area contributed by atoms with Crippen LogP contribution >= 0.6 is 0 Å². The molecule has 4 rings (SSSR count). The van der Waals surface area contributed by atoms with Gasteiger partial charge in [-0.2, -0.15) is 21.6 Å². The summed E-state index contributed by atoms with van der Waals surface area (Å²) in [7, 11) is -3.96. The number of ether oxygens (including phenoxy) is 2.